The van der Waals surface area contributed by atoms with Crippen LogP contribution in [0.2, 0.25) is 0 Å². The summed E-state index contributed by atoms with van der Waals surface area (Å²) in [5, 5.41) is 16.6. The number of nitrogens with one attached hydrogen (secondary N) is 2. The van der Waals surface area contributed by atoms with Crippen LogP contribution in [0.15, 0.2) is 59.9 Å². The lowest BCUT2D eigenvalue weighted by Gasteiger charge is -2.18. The van der Waals surface area contributed by atoms with E-state index in [0.717, 1.165) is 12.4 Å². The first-order valence-electron chi connectivity index (χ1n) is 9.19. The Morgan fingerprint density at radius 1 is 1.00 bits per heavy atom. The molecule has 1 atom stereocenters. The Hall–Kier alpha value is -3.87. The van der Waals surface area contributed by atoms with Crippen molar-refractivity contribution in [1.82, 2.24) is 19.7 Å². The Morgan fingerprint density at radius 2 is 1.76 bits per heavy atom. The van der Waals surface area contributed by atoms with E-state index in [2.05, 4.69) is 20.4 Å². The smallest absolute Gasteiger partial charge is 0.369 e. The van der Waals surface area contributed by atoms with Gasteiger partial charge in [-0.2, -0.15) is 31.4 Å². The summed E-state index contributed by atoms with van der Waals surface area (Å²) in [6.07, 6.45) is -8.34. The van der Waals surface area contributed by atoms with Gasteiger partial charge in [0.2, 0.25) is 0 Å². The van der Waals surface area contributed by atoms with Gasteiger partial charge in [0.1, 0.15) is 0 Å². The minimum absolute atomic E-state index is 0.0786. The van der Waals surface area contributed by atoms with Crippen LogP contribution in [0.4, 0.5) is 32.0 Å². The van der Waals surface area contributed by atoms with Gasteiger partial charge in [-0.3, -0.25) is 9.78 Å². The van der Waals surface area contributed by atoms with E-state index in [0.29, 0.717) is 16.9 Å². The molecule has 0 bridgehead atoms. The predicted molar refractivity (Wildman–Crippen MR) is 105 cm³/mol. The fraction of sp³-hybridized carbons (Fsp3) is 0.150. The van der Waals surface area contributed by atoms with E-state index in [-0.39, 0.29) is 22.1 Å². The summed E-state index contributed by atoms with van der Waals surface area (Å²) in [7, 11) is 0. The maximum Gasteiger partial charge on any atom is 0.433 e. The number of halogens is 6. The molecular weight excluding hydrogens is 456 g/mol. The molecule has 0 radical (unpaired) electrons. The number of aromatic nitrogens is 4. The third-order valence-electron chi connectivity index (χ3n) is 4.75. The van der Waals surface area contributed by atoms with Crippen molar-refractivity contribution < 1.29 is 31.4 Å². The first-order chi connectivity index (χ1) is 15.5. The van der Waals surface area contributed by atoms with Gasteiger partial charge in [-0.05, 0) is 24.3 Å². The van der Waals surface area contributed by atoms with Crippen molar-refractivity contribution in [3.63, 3.8) is 0 Å². The van der Waals surface area contributed by atoms with Gasteiger partial charge in [-0.15, -0.1) is 0 Å². The minimum atomic E-state index is -5.01. The largest absolute Gasteiger partial charge is 0.433 e. The highest BCUT2D eigenvalue weighted by Gasteiger charge is 2.41. The molecule has 0 aliphatic carbocycles. The first-order valence-corrected chi connectivity index (χ1v) is 9.19. The van der Waals surface area contributed by atoms with Gasteiger partial charge in [0.15, 0.2) is 11.9 Å². The number of alkyl halides is 6. The minimum Gasteiger partial charge on any atom is -0.369 e. The molecule has 3 aromatic heterocycles. The van der Waals surface area contributed by atoms with Gasteiger partial charge >= 0.3 is 12.4 Å². The van der Waals surface area contributed by atoms with Gasteiger partial charge in [0.05, 0.1) is 34.9 Å². The van der Waals surface area contributed by atoms with Crippen LogP contribution in [0, 0.1) is 0 Å². The number of aromatic amines is 1. The molecule has 0 aliphatic heterocycles. The monoisotopic (exact) mass is 469 g/mol. The summed E-state index contributed by atoms with van der Waals surface area (Å²) in [4.78, 5) is 17.8. The van der Waals surface area contributed by atoms with Crippen LogP contribution in [0.5, 0.6) is 0 Å². The number of pyridine rings is 2. The second-order valence-corrected chi connectivity index (χ2v) is 6.91. The molecule has 1 unspecified atom stereocenters. The molecule has 13 heteroatoms. The van der Waals surface area contributed by atoms with Gasteiger partial charge in [-0.25, -0.2) is 4.68 Å². The van der Waals surface area contributed by atoms with Crippen molar-refractivity contribution in [3.8, 4) is 5.69 Å². The highest BCUT2D eigenvalue weighted by atomic mass is 19.4. The van der Waals surface area contributed by atoms with E-state index < -0.39 is 41.0 Å². The van der Waals surface area contributed by atoms with Gasteiger partial charge in [0.25, 0.3) is 5.56 Å². The van der Waals surface area contributed by atoms with Crippen LogP contribution in [-0.4, -0.2) is 24.9 Å². The van der Waals surface area contributed by atoms with Gasteiger partial charge in [-0.1, -0.05) is 6.07 Å². The molecule has 172 valence electrons. The molecule has 3 N–H and O–H groups in total. The highest BCUT2D eigenvalue weighted by molar-refractivity contribution is 5.89. The highest BCUT2D eigenvalue weighted by Crippen LogP contribution is 2.38. The Balaban J connectivity index is 1.80. The average molecular weight is 469 g/mol. The van der Waals surface area contributed by atoms with E-state index in [4.69, 9.17) is 0 Å². The molecular formula is C20H13F6N5O2. The lowest BCUT2D eigenvalue weighted by Crippen LogP contribution is -2.20. The lowest BCUT2D eigenvalue weighted by atomic mass is 10.1. The number of aliphatic hydroxyl groups excluding tert-OH is 1. The zero-order chi connectivity index (χ0) is 24.0. The average Bonchev–Trinajstić information content (AvgIpc) is 3.19. The van der Waals surface area contributed by atoms with Crippen LogP contribution < -0.4 is 10.9 Å². The van der Waals surface area contributed by atoms with Crippen LogP contribution in [0.25, 0.3) is 16.5 Å². The normalized spacial score (nSPS) is 13.3. The number of benzene rings is 1. The number of hydrogen-bond donors (Lipinski definition) is 3. The van der Waals surface area contributed by atoms with Crippen molar-refractivity contribution in [2.75, 3.05) is 5.32 Å². The Kier molecular flexibility index (Phi) is 5.36. The number of fused-ring (bicyclic) bond motifs is 1. The standard InChI is InChI=1S/C20H13F6N5O2/c21-19(22,23)10-6-11(8-27-7-10)30-18(33)14-9-29-31(16(14)20(24,25)26)15-3-1-2-13-12(15)4-5-28-17(13)32/h1-9,18,30,33H,(H,28,32). The quantitative estimate of drug-likeness (QED) is 0.307. The molecule has 7 nitrogen and oxygen atoms in total. The van der Waals surface area contributed by atoms with E-state index in [1.165, 1.54) is 30.5 Å². The third-order valence-corrected chi connectivity index (χ3v) is 4.75. The van der Waals surface area contributed by atoms with E-state index >= 15 is 0 Å². The molecule has 0 aliphatic rings. The second-order valence-electron chi connectivity index (χ2n) is 6.91. The van der Waals surface area contributed by atoms with E-state index in [9.17, 15) is 36.2 Å². The number of anilines is 1. The fourth-order valence-electron chi connectivity index (χ4n) is 3.33. The summed E-state index contributed by atoms with van der Waals surface area (Å²) in [6.45, 7) is 0. The Bertz CT molecular complexity index is 1380. The SMILES string of the molecule is O=c1[nH]ccc2c(-n3ncc(C(O)Nc4cncc(C(F)(F)F)c4)c3C(F)(F)F)cccc12. The maximum absolute atomic E-state index is 14.0. The summed E-state index contributed by atoms with van der Waals surface area (Å²) < 4.78 is 81.2. The first kappa shape index (κ1) is 22.3. The number of nitrogens with zero attached hydrogens (tertiary/aromatic N) is 3. The third kappa shape index (κ3) is 4.26. The maximum atomic E-state index is 14.0. The van der Waals surface area contributed by atoms with Crippen molar-refractivity contribution in [2.24, 2.45) is 0 Å². The number of hydrogen-bond acceptors (Lipinski definition) is 5. The number of aliphatic hydroxyl groups is 1. The molecule has 0 amide bonds. The van der Waals surface area contributed by atoms with Crippen LogP contribution in [0.1, 0.15) is 23.0 Å². The fourth-order valence-corrected chi connectivity index (χ4v) is 3.33. The Morgan fingerprint density at radius 3 is 2.45 bits per heavy atom. The van der Waals surface area contributed by atoms with Crippen molar-refractivity contribution in [3.05, 3.63) is 82.3 Å². The van der Waals surface area contributed by atoms with Crippen LogP contribution >= 0.6 is 0 Å². The summed E-state index contributed by atoms with van der Waals surface area (Å²) >= 11 is 0. The molecule has 1 aromatic carbocycles. The second kappa shape index (κ2) is 7.92. The molecule has 4 aromatic rings. The van der Waals surface area contributed by atoms with E-state index in [1.54, 1.807) is 0 Å². The van der Waals surface area contributed by atoms with Crippen molar-refractivity contribution in [1.29, 1.82) is 0 Å². The van der Waals surface area contributed by atoms with Crippen molar-refractivity contribution in [2.45, 2.75) is 18.6 Å². The lowest BCUT2D eigenvalue weighted by molar-refractivity contribution is -0.144. The molecule has 4 rings (SSSR count). The summed E-state index contributed by atoms with van der Waals surface area (Å²) in [5.74, 6) is 0. The molecule has 33 heavy (non-hydrogen) atoms. The zero-order valence-electron chi connectivity index (χ0n) is 16.2. The topological polar surface area (TPSA) is 95.8 Å². The van der Waals surface area contributed by atoms with Gasteiger partial charge < -0.3 is 15.4 Å². The van der Waals surface area contributed by atoms with Gasteiger partial charge in [0, 0.05) is 23.2 Å². The predicted octanol–water partition coefficient (Wildman–Crippen LogP) is 4.25. The number of H-pyrrole nitrogens is 1. The number of rotatable bonds is 4. The van der Waals surface area contributed by atoms with Crippen LogP contribution in [-0.2, 0) is 12.4 Å². The molecule has 3 heterocycles. The molecule has 0 spiro atoms. The molecule has 0 fully saturated rings. The molecule has 0 saturated carbocycles. The summed E-state index contributed by atoms with van der Waals surface area (Å²) in [5.41, 5.74) is -4.20. The van der Waals surface area contributed by atoms with E-state index in [1.807, 2.05) is 0 Å². The summed E-state index contributed by atoms with van der Waals surface area (Å²) in [6, 6.07) is 6.11. The van der Waals surface area contributed by atoms with Crippen molar-refractivity contribution >= 4 is 16.5 Å². The Labute approximate surface area is 180 Å². The zero-order valence-corrected chi connectivity index (χ0v) is 16.2. The molecule has 0 saturated heterocycles. The van der Waals surface area contributed by atoms with Crippen LogP contribution in [0.3, 0.4) is 0 Å².